The number of aliphatic hydroxyl groups excluding tert-OH is 2. The molecule has 10 heteroatoms. The molecule has 3 aromatic heterocycles. The number of benzene rings is 1. The number of nitrogens with one attached hydrogen (secondary N) is 1. The third-order valence-electron chi connectivity index (χ3n) is 4.72. The fourth-order valence-electron chi connectivity index (χ4n) is 3.20. The van der Waals surface area contributed by atoms with Crippen LogP contribution in [0.25, 0.3) is 16.7 Å². The first kappa shape index (κ1) is 20.4. The molecule has 1 atom stereocenters. The number of hydrogen-bond donors (Lipinski definition) is 4. The van der Waals surface area contributed by atoms with E-state index in [4.69, 9.17) is 5.73 Å². The molecule has 1 amide bonds. The Morgan fingerprint density at radius 1 is 1.26 bits per heavy atom. The Bertz CT molecular complexity index is 1250. The van der Waals surface area contributed by atoms with Crippen molar-refractivity contribution in [2.24, 2.45) is 0 Å². The highest BCUT2D eigenvalue weighted by atomic mass is 16.3. The van der Waals surface area contributed by atoms with Crippen LogP contribution in [0.3, 0.4) is 0 Å². The lowest BCUT2D eigenvalue weighted by Crippen LogP contribution is -2.27. The molecule has 0 fully saturated rings. The topological polar surface area (TPSA) is 152 Å². The van der Waals surface area contributed by atoms with Gasteiger partial charge in [-0.05, 0) is 24.1 Å². The van der Waals surface area contributed by atoms with Gasteiger partial charge in [0, 0.05) is 24.3 Å². The first-order chi connectivity index (χ1) is 15.0. The number of aliphatic hydroxyl groups is 2. The molecule has 0 aliphatic carbocycles. The van der Waals surface area contributed by atoms with E-state index in [1.165, 1.54) is 4.68 Å². The van der Waals surface area contributed by atoms with Gasteiger partial charge in [-0.15, -0.1) is 0 Å². The zero-order chi connectivity index (χ0) is 22.0. The zero-order valence-electron chi connectivity index (χ0n) is 16.7. The average Bonchev–Trinajstić information content (AvgIpc) is 3.22. The Morgan fingerprint density at radius 3 is 2.81 bits per heavy atom. The largest absolute Gasteiger partial charge is 0.393 e. The van der Waals surface area contributed by atoms with Crippen molar-refractivity contribution in [1.82, 2.24) is 30.0 Å². The number of amides is 1. The van der Waals surface area contributed by atoms with Gasteiger partial charge in [-0.3, -0.25) is 9.78 Å². The molecule has 1 aromatic carbocycles. The molecule has 31 heavy (non-hydrogen) atoms. The van der Waals surface area contributed by atoms with Crippen LogP contribution in [0.15, 0.2) is 48.9 Å². The number of carbonyl (C=O) groups is 1. The Morgan fingerprint density at radius 2 is 2.06 bits per heavy atom. The van der Waals surface area contributed by atoms with E-state index < -0.39 is 18.6 Å². The van der Waals surface area contributed by atoms with Crippen LogP contribution < -0.4 is 11.1 Å². The van der Waals surface area contributed by atoms with E-state index in [2.05, 4.69) is 25.4 Å². The van der Waals surface area contributed by atoms with E-state index in [1.54, 1.807) is 18.6 Å². The summed E-state index contributed by atoms with van der Waals surface area (Å²) in [7, 11) is 0. The zero-order valence-corrected chi connectivity index (χ0v) is 16.7. The van der Waals surface area contributed by atoms with Gasteiger partial charge < -0.3 is 21.3 Å². The molecule has 4 rings (SSSR count). The summed E-state index contributed by atoms with van der Waals surface area (Å²) in [5.74, 6) is -0.542. The SMILES string of the molecule is Cc1cnn(-c2nc(N)c(C(=O)NCc3cccc4cccnc34)nc2C(O)CO)c1. The van der Waals surface area contributed by atoms with Gasteiger partial charge in [0.15, 0.2) is 17.3 Å². The van der Waals surface area contributed by atoms with E-state index in [1.807, 2.05) is 37.3 Å². The van der Waals surface area contributed by atoms with Crippen molar-refractivity contribution in [2.75, 3.05) is 12.3 Å². The number of nitrogens with zero attached hydrogens (tertiary/aromatic N) is 5. The number of hydrogen-bond acceptors (Lipinski definition) is 8. The fraction of sp³-hybridized carbons (Fsp3) is 0.190. The van der Waals surface area contributed by atoms with Gasteiger partial charge in [-0.2, -0.15) is 5.10 Å². The molecule has 0 saturated carbocycles. The lowest BCUT2D eigenvalue weighted by Gasteiger charge is -2.15. The van der Waals surface area contributed by atoms with Crippen molar-refractivity contribution in [3.8, 4) is 5.82 Å². The number of carbonyl (C=O) groups excluding carboxylic acids is 1. The summed E-state index contributed by atoms with van der Waals surface area (Å²) in [4.78, 5) is 25.6. The maximum atomic E-state index is 12.8. The van der Waals surface area contributed by atoms with E-state index in [0.717, 1.165) is 22.0 Å². The molecule has 0 aliphatic heterocycles. The van der Waals surface area contributed by atoms with Gasteiger partial charge in [0.2, 0.25) is 0 Å². The normalized spacial score (nSPS) is 12.1. The van der Waals surface area contributed by atoms with Crippen molar-refractivity contribution in [1.29, 1.82) is 0 Å². The van der Waals surface area contributed by atoms with Crippen LogP contribution in [0.1, 0.15) is 33.4 Å². The number of aryl methyl sites for hydroxylation is 1. The second-order valence-electron chi connectivity index (χ2n) is 7.00. The first-order valence-corrected chi connectivity index (χ1v) is 9.56. The Balaban J connectivity index is 1.64. The standard InChI is InChI=1S/C21H21N7O3/c1-12-8-25-28(10-12)20-17(15(30)11-29)26-18(19(22)27-20)21(31)24-9-14-5-2-4-13-6-3-7-23-16(13)14/h2-8,10,15,29-30H,9,11H2,1H3,(H2,22,27)(H,24,31). The minimum Gasteiger partial charge on any atom is -0.393 e. The van der Waals surface area contributed by atoms with Crippen LogP contribution >= 0.6 is 0 Å². The minimum atomic E-state index is -1.36. The van der Waals surface area contributed by atoms with Crippen molar-refractivity contribution in [3.05, 3.63) is 71.4 Å². The van der Waals surface area contributed by atoms with Crippen LogP contribution in [0.5, 0.6) is 0 Å². The predicted molar refractivity (Wildman–Crippen MR) is 113 cm³/mol. The Kier molecular flexibility index (Phi) is 5.56. The van der Waals surface area contributed by atoms with Gasteiger partial charge in [0.05, 0.1) is 18.3 Å². The summed E-state index contributed by atoms with van der Waals surface area (Å²) in [5, 5.41) is 27.5. The maximum absolute atomic E-state index is 12.8. The Hall–Kier alpha value is -3.89. The highest BCUT2D eigenvalue weighted by Gasteiger charge is 2.23. The molecule has 0 spiro atoms. The van der Waals surface area contributed by atoms with Gasteiger partial charge in [-0.25, -0.2) is 14.6 Å². The highest BCUT2D eigenvalue weighted by Crippen LogP contribution is 2.22. The second-order valence-corrected chi connectivity index (χ2v) is 7.00. The average molecular weight is 419 g/mol. The van der Waals surface area contributed by atoms with Crippen LogP contribution in [0, 0.1) is 6.92 Å². The van der Waals surface area contributed by atoms with E-state index >= 15 is 0 Å². The van der Waals surface area contributed by atoms with Crippen molar-refractivity contribution >= 4 is 22.6 Å². The lowest BCUT2D eigenvalue weighted by atomic mass is 10.1. The number of nitrogens with two attached hydrogens (primary N) is 1. The minimum absolute atomic E-state index is 0.00298. The van der Waals surface area contributed by atoms with Crippen LogP contribution in [-0.4, -0.2) is 47.5 Å². The summed E-state index contributed by atoms with van der Waals surface area (Å²) in [6.07, 6.45) is 3.60. The molecule has 5 N–H and O–H groups in total. The molecule has 158 valence electrons. The molecule has 3 heterocycles. The third-order valence-corrected chi connectivity index (χ3v) is 4.72. The van der Waals surface area contributed by atoms with Gasteiger partial charge >= 0.3 is 0 Å². The summed E-state index contributed by atoms with van der Waals surface area (Å²) in [5.41, 5.74) is 8.32. The maximum Gasteiger partial charge on any atom is 0.274 e. The number of anilines is 1. The number of pyridine rings is 1. The van der Waals surface area contributed by atoms with Crippen molar-refractivity contribution < 1.29 is 15.0 Å². The Labute approximate surface area is 177 Å². The lowest BCUT2D eigenvalue weighted by molar-refractivity contribution is 0.0897. The number of para-hydroxylation sites is 1. The van der Waals surface area contributed by atoms with E-state index in [-0.39, 0.29) is 29.6 Å². The summed E-state index contributed by atoms with van der Waals surface area (Å²) >= 11 is 0. The summed E-state index contributed by atoms with van der Waals surface area (Å²) in [6, 6.07) is 9.48. The smallest absolute Gasteiger partial charge is 0.274 e. The number of nitrogen functional groups attached to an aromatic ring is 1. The third kappa shape index (κ3) is 4.06. The highest BCUT2D eigenvalue weighted by molar-refractivity contribution is 5.96. The quantitative estimate of drug-likeness (QED) is 0.362. The number of aromatic nitrogens is 5. The molecular weight excluding hydrogens is 398 g/mol. The molecular formula is C21H21N7O3. The van der Waals surface area contributed by atoms with Crippen molar-refractivity contribution in [2.45, 2.75) is 19.6 Å². The van der Waals surface area contributed by atoms with Crippen LogP contribution in [0.2, 0.25) is 0 Å². The number of rotatable bonds is 6. The number of fused-ring (bicyclic) bond motifs is 1. The van der Waals surface area contributed by atoms with Crippen molar-refractivity contribution in [3.63, 3.8) is 0 Å². The molecule has 0 radical (unpaired) electrons. The molecule has 0 bridgehead atoms. The van der Waals surface area contributed by atoms with Gasteiger partial charge in [-0.1, -0.05) is 24.3 Å². The van der Waals surface area contributed by atoms with E-state index in [0.29, 0.717) is 0 Å². The molecule has 1 unspecified atom stereocenters. The van der Waals surface area contributed by atoms with Gasteiger partial charge in [0.25, 0.3) is 5.91 Å². The molecule has 4 aromatic rings. The first-order valence-electron chi connectivity index (χ1n) is 9.56. The molecule has 10 nitrogen and oxygen atoms in total. The fourth-order valence-corrected chi connectivity index (χ4v) is 3.20. The van der Waals surface area contributed by atoms with Crippen LogP contribution in [0.4, 0.5) is 5.82 Å². The molecule has 0 saturated heterocycles. The van der Waals surface area contributed by atoms with E-state index in [9.17, 15) is 15.0 Å². The summed E-state index contributed by atoms with van der Waals surface area (Å²) in [6.45, 7) is 1.44. The molecule has 0 aliphatic rings. The summed E-state index contributed by atoms with van der Waals surface area (Å²) < 4.78 is 1.39. The predicted octanol–water partition coefficient (Wildman–Crippen LogP) is 1.06. The monoisotopic (exact) mass is 419 g/mol. The van der Waals surface area contributed by atoms with Crippen LogP contribution in [-0.2, 0) is 6.54 Å². The second kappa shape index (κ2) is 8.46. The van der Waals surface area contributed by atoms with Gasteiger partial charge in [0.1, 0.15) is 11.8 Å².